The van der Waals surface area contributed by atoms with Crippen LogP contribution in [-0.2, 0) is 24.0 Å². The van der Waals surface area contributed by atoms with Crippen molar-refractivity contribution in [1.82, 2.24) is 15.7 Å². The summed E-state index contributed by atoms with van der Waals surface area (Å²) in [5, 5.41) is 6.69. The summed E-state index contributed by atoms with van der Waals surface area (Å²) >= 11 is 0. The van der Waals surface area contributed by atoms with Gasteiger partial charge in [-0.1, -0.05) is 38.5 Å². The average molecular weight is 412 g/mol. The molecule has 0 aromatic rings. The Morgan fingerprint density at radius 2 is 1.31 bits per heavy atom. The molecule has 0 saturated carbocycles. The molecule has 0 bridgehead atoms. The van der Waals surface area contributed by atoms with Gasteiger partial charge in [-0.25, -0.2) is 4.79 Å². The second-order valence-corrected chi connectivity index (χ2v) is 7.53. The molecule has 8 heteroatoms. The zero-order chi connectivity index (χ0) is 21.3. The monoisotopic (exact) mass is 411 g/mol. The smallest absolute Gasteiger partial charge is 0.333 e. The Labute approximate surface area is 174 Å². The molecule has 8 nitrogen and oxygen atoms in total. The number of hydroxylamine groups is 2. The van der Waals surface area contributed by atoms with Crippen molar-refractivity contribution in [2.45, 2.75) is 89.9 Å². The van der Waals surface area contributed by atoms with Crippen LogP contribution in [-0.4, -0.2) is 48.9 Å². The molecular formula is C21H37N3O5. The van der Waals surface area contributed by atoms with Crippen LogP contribution in [0.25, 0.3) is 0 Å². The number of unbranched alkanes of at least 4 members (excludes halogenated alkanes) is 8. The number of nitrogens with one attached hydrogen (secondary N) is 2. The first kappa shape index (κ1) is 25.1. The number of amides is 3. The van der Waals surface area contributed by atoms with Gasteiger partial charge in [-0.2, -0.15) is 0 Å². The van der Waals surface area contributed by atoms with Gasteiger partial charge in [-0.15, -0.1) is 5.06 Å². The lowest BCUT2D eigenvalue weighted by molar-refractivity contribution is -0.197. The van der Waals surface area contributed by atoms with Crippen molar-refractivity contribution in [3.63, 3.8) is 0 Å². The Morgan fingerprint density at radius 1 is 0.793 bits per heavy atom. The van der Waals surface area contributed by atoms with E-state index in [-0.39, 0.29) is 25.2 Å². The Bertz CT molecular complexity index is 508. The van der Waals surface area contributed by atoms with Gasteiger partial charge in [0.15, 0.2) is 0 Å². The third-order valence-corrected chi connectivity index (χ3v) is 4.91. The minimum absolute atomic E-state index is 0.111. The van der Waals surface area contributed by atoms with E-state index in [1.807, 2.05) is 7.05 Å². The van der Waals surface area contributed by atoms with Gasteiger partial charge in [0.25, 0.3) is 11.8 Å². The average Bonchev–Trinajstić information content (AvgIpc) is 3.01. The molecule has 0 radical (unpaired) electrons. The van der Waals surface area contributed by atoms with Gasteiger partial charge in [0.2, 0.25) is 5.91 Å². The van der Waals surface area contributed by atoms with Crippen LogP contribution < -0.4 is 10.6 Å². The number of hydrogen-bond donors (Lipinski definition) is 2. The topological polar surface area (TPSA) is 105 Å². The highest BCUT2D eigenvalue weighted by Crippen LogP contribution is 2.14. The zero-order valence-electron chi connectivity index (χ0n) is 17.8. The van der Waals surface area contributed by atoms with Crippen LogP contribution in [0.3, 0.4) is 0 Å². The molecule has 0 aliphatic carbocycles. The van der Waals surface area contributed by atoms with E-state index in [4.69, 9.17) is 4.84 Å². The fourth-order valence-corrected chi connectivity index (χ4v) is 3.16. The summed E-state index contributed by atoms with van der Waals surface area (Å²) < 4.78 is 0. The van der Waals surface area contributed by atoms with Crippen molar-refractivity contribution in [2.24, 2.45) is 0 Å². The number of nitrogens with zero attached hydrogens (tertiary/aromatic N) is 1. The zero-order valence-corrected chi connectivity index (χ0v) is 17.8. The fourth-order valence-electron chi connectivity index (χ4n) is 3.16. The van der Waals surface area contributed by atoms with Crippen LogP contribution in [0.2, 0.25) is 0 Å². The molecule has 1 saturated heterocycles. The maximum Gasteiger partial charge on any atom is 0.333 e. The van der Waals surface area contributed by atoms with Crippen LogP contribution in [0.1, 0.15) is 89.9 Å². The van der Waals surface area contributed by atoms with E-state index in [9.17, 15) is 19.2 Å². The van der Waals surface area contributed by atoms with E-state index < -0.39 is 17.8 Å². The number of carbonyl (C=O) groups is 4. The number of rotatable bonds is 17. The van der Waals surface area contributed by atoms with E-state index in [1.54, 1.807) is 0 Å². The summed E-state index contributed by atoms with van der Waals surface area (Å²) in [4.78, 5) is 51.0. The van der Waals surface area contributed by atoms with E-state index in [1.165, 1.54) is 19.3 Å². The maximum atomic E-state index is 11.8. The Morgan fingerprint density at radius 3 is 1.93 bits per heavy atom. The SMILES string of the molecule is CNCCCCCCCC(=O)NCCCCCCCC(=O)ON1C(=O)CCC1=O. The highest BCUT2D eigenvalue weighted by molar-refractivity contribution is 6.01. The predicted molar refractivity (Wildman–Crippen MR) is 110 cm³/mol. The molecule has 2 N–H and O–H groups in total. The van der Waals surface area contributed by atoms with Crippen LogP contribution >= 0.6 is 0 Å². The predicted octanol–water partition coefficient (Wildman–Crippen LogP) is 2.61. The highest BCUT2D eigenvalue weighted by Gasteiger charge is 2.32. The Hall–Kier alpha value is -1.96. The van der Waals surface area contributed by atoms with E-state index in [0.717, 1.165) is 45.1 Å². The Balaban J connectivity index is 1.87. The van der Waals surface area contributed by atoms with Gasteiger partial charge in [0, 0.05) is 32.2 Å². The third-order valence-electron chi connectivity index (χ3n) is 4.91. The van der Waals surface area contributed by atoms with Crippen LogP contribution in [0.4, 0.5) is 0 Å². The van der Waals surface area contributed by atoms with Gasteiger partial charge in [-0.3, -0.25) is 14.4 Å². The molecule has 3 amide bonds. The maximum absolute atomic E-state index is 11.8. The third kappa shape index (κ3) is 12.3. The summed E-state index contributed by atoms with van der Waals surface area (Å²) in [5.74, 6) is -1.30. The fraction of sp³-hybridized carbons (Fsp3) is 0.810. The first-order valence-electron chi connectivity index (χ1n) is 11.0. The lowest BCUT2D eigenvalue weighted by atomic mass is 10.1. The van der Waals surface area contributed by atoms with E-state index >= 15 is 0 Å². The van der Waals surface area contributed by atoms with E-state index in [2.05, 4.69) is 10.6 Å². The van der Waals surface area contributed by atoms with Crippen molar-refractivity contribution < 1.29 is 24.0 Å². The normalized spacial score (nSPS) is 13.8. The largest absolute Gasteiger partial charge is 0.356 e. The molecule has 166 valence electrons. The number of hydrogen-bond acceptors (Lipinski definition) is 6. The first-order valence-corrected chi connectivity index (χ1v) is 11.0. The lowest BCUT2D eigenvalue weighted by Crippen LogP contribution is -2.31. The van der Waals surface area contributed by atoms with Gasteiger partial charge in [0.05, 0.1) is 0 Å². The molecular weight excluding hydrogens is 374 g/mol. The van der Waals surface area contributed by atoms with Gasteiger partial charge in [-0.05, 0) is 39.3 Å². The minimum Gasteiger partial charge on any atom is -0.356 e. The highest BCUT2D eigenvalue weighted by atomic mass is 16.7. The van der Waals surface area contributed by atoms with E-state index in [0.29, 0.717) is 24.4 Å². The van der Waals surface area contributed by atoms with Crippen molar-refractivity contribution >= 4 is 23.7 Å². The second kappa shape index (κ2) is 15.9. The molecule has 0 aromatic carbocycles. The van der Waals surface area contributed by atoms with Gasteiger partial charge in [0.1, 0.15) is 0 Å². The molecule has 1 fully saturated rings. The molecule has 1 rings (SSSR count). The van der Waals surface area contributed by atoms with Crippen LogP contribution in [0.15, 0.2) is 0 Å². The van der Waals surface area contributed by atoms with Crippen molar-refractivity contribution in [3.8, 4) is 0 Å². The molecule has 0 atom stereocenters. The number of imide groups is 1. The molecule has 1 heterocycles. The molecule has 0 spiro atoms. The van der Waals surface area contributed by atoms with Crippen LogP contribution in [0, 0.1) is 0 Å². The van der Waals surface area contributed by atoms with Crippen molar-refractivity contribution in [2.75, 3.05) is 20.1 Å². The lowest BCUT2D eigenvalue weighted by Gasteiger charge is -2.12. The Kier molecular flexibility index (Phi) is 13.8. The summed E-state index contributed by atoms with van der Waals surface area (Å²) in [5.41, 5.74) is 0. The quantitative estimate of drug-likeness (QED) is 0.282. The molecule has 1 aliphatic rings. The number of carbonyl (C=O) groups excluding carboxylic acids is 4. The molecule has 0 unspecified atom stereocenters. The second-order valence-electron chi connectivity index (χ2n) is 7.53. The van der Waals surface area contributed by atoms with Crippen LogP contribution in [0.5, 0.6) is 0 Å². The summed E-state index contributed by atoms with van der Waals surface area (Å²) in [6.45, 7) is 1.76. The summed E-state index contributed by atoms with van der Waals surface area (Å²) in [7, 11) is 1.96. The van der Waals surface area contributed by atoms with Gasteiger partial charge < -0.3 is 15.5 Å². The summed E-state index contributed by atoms with van der Waals surface area (Å²) in [6.07, 6.45) is 11.1. The minimum atomic E-state index is -0.539. The van der Waals surface area contributed by atoms with Crippen molar-refractivity contribution in [3.05, 3.63) is 0 Å². The molecule has 1 aliphatic heterocycles. The molecule has 0 aromatic heterocycles. The standard InChI is InChI=1S/C21H37N3O5/c1-22-16-10-6-2-4-8-12-18(25)23-17-11-7-3-5-9-13-21(28)29-24-19(26)14-15-20(24)27/h22H,2-17H2,1H3,(H,23,25). The van der Waals surface area contributed by atoms with Crippen molar-refractivity contribution in [1.29, 1.82) is 0 Å². The first-order chi connectivity index (χ1) is 14.0. The summed E-state index contributed by atoms with van der Waals surface area (Å²) in [6, 6.07) is 0. The van der Waals surface area contributed by atoms with Gasteiger partial charge >= 0.3 is 5.97 Å². The molecule has 29 heavy (non-hydrogen) atoms.